The lowest BCUT2D eigenvalue weighted by Gasteiger charge is -2.11. The van der Waals surface area contributed by atoms with E-state index in [9.17, 15) is 18.0 Å². The Balaban J connectivity index is 1.57. The van der Waals surface area contributed by atoms with Crippen LogP contribution in [-0.4, -0.2) is 49.0 Å². The van der Waals surface area contributed by atoms with Gasteiger partial charge in [0.2, 0.25) is 0 Å². The molecule has 0 spiro atoms. The molecule has 2 aliphatic rings. The number of esters is 1. The van der Waals surface area contributed by atoms with Crippen molar-refractivity contribution in [3.63, 3.8) is 0 Å². The van der Waals surface area contributed by atoms with E-state index < -0.39 is 21.7 Å². The molecule has 2 fully saturated rings. The van der Waals surface area contributed by atoms with Gasteiger partial charge in [0, 0.05) is 10.4 Å². The minimum Gasteiger partial charge on any atom is -0.461 e. The lowest BCUT2D eigenvalue weighted by Crippen LogP contribution is -2.25. The van der Waals surface area contributed by atoms with E-state index in [2.05, 4.69) is 15.5 Å². The zero-order chi connectivity index (χ0) is 24.3. The van der Waals surface area contributed by atoms with E-state index in [0.717, 1.165) is 37.0 Å². The number of sulfone groups is 1. The van der Waals surface area contributed by atoms with Gasteiger partial charge in [-0.3, -0.25) is 10.1 Å². The first-order valence-electron chi connectivity index (χ1n) is 11.3. The number of rotatable bonds is 9. The first-order chi connectivity index (χ1) is 16.3. The first kappa shape index (κ1) is 24.3. The van der Waals surface area contributed by atoms with Crippen LogP contribution < -0.4 is 5.32 Å². The molecule has 0 atom stereocenters. The molecule has 1 aromatic carbocycles. The monoisotopic (exact) mass is 505 g/mol. The third-order valence-corrected chi connectivity index (χ3v) is 8.88. The smallest absolute Gasteiger partial charge is 0.358 e. The Morgan fingerprint density at radius 1 is 1.15 bits per heavy atom. The number of anilines is 1. The van der Waals surface area contributed by atoms with Crippen LogP contribution in [0.3, 0.4) is 0 Å². The van der Waals surface area contributed by atoms with Crippen LogP contribution in [0.25, 0.3) is 0 Å². The van der Waals surface area contributed by atoms with Gasteiger partial charge in [0.05, 0.1) is 16.8 Å². The van der Waals surface area contributed by atoms with Gasteiger partial charge in [0.25, 0.3) is 5.91 Å². The molecule has 1 amide bonds. The molecule has 11 heteroatoms. The molecule has 0 bridgehead atoms. The molecule has 0 saturated heterocycles. The Hall–Kier alpha value is -2.79. The van der Waals surface area contributed by atoms with Crippen molar-refractivity contribution in [3.8, 4) is 0 Å². The van der Waals surface area contributed by atoms with Gasteiger partial charge in [-0.2, -0.15) is 0 Å². The standard InChI is InChI=1S/C23H27N3O6S2/c1-3-31-22(28)19-14(2)33-23(24-19)25-21(27)20(26-32-16-6-4-5-7-16)15-8-10-17(11-9-15)34(29,30)18-12-13-18/h8-11,16,18H,3-7,12-13H2,1-2H3,(H,24,25,27). The number of carbonyl (C=O) groups excluding carboxylic acids is 2. The number of ether oxygens (including phenoxy) is 1. The second kappa shape index (κ2) is 10.2. The van der Waals surface area contributed by atoms with Crippen LogP contribution in [-0.2, 0) is 24.2 Å². The Morgan fingerprint density at radius 2 is 1.82 bits per heavy atom. The van der Waals surface area contributed by atoms with Gasteiger partial charge in [-0.1, -0.05) is 17.3 Å². The van der Waals surface area contributed by atoms with E-state index in [1.54, 1.807) is 26.0 Å². The van der Waals surface area contributed by atoms with E-state index in [1.807, 2.05) is 0 Å². The van der Waals surface area contributed by atoms with Crippen molar-refractivity contribution in [2.45, 2.75) is 68.6 Å². The fraction of sp³-hybridized carbons (Fsp3) is 0.478. The summed E-state index contributed by atoms with van der Waals surface area (Å²) in [6, 6.07) is 6.10. The van der Waals surface area contributed by atoms with Gasteiger partial charge >= 0.3 is 5.97 Å². The maximum Gasteiger partial charge on any atom is 0.358 e. The topological polar surface area (TPSA) is 124 Å². The van der Waals surface area contributed by atoms with Crippen LogP contribution in [0.2, 0.25) is 0 Å². The van der Waals surface area contributed by atoms with E-state index in [4.69, 9.17) is 9.57 Å². The zero-order valence-corrected chi connectivity index (χ0v) is 20.7. The summed E-state index contributed by atoms with van der Waals surface area (Å²) in [5.41, 5.74) is 0.578. The average Bonchev–Trinajstić information content (AvgIpc) is 3.44. The number of benzene rings is 1. The number of aromatic nitrogens is 1. The molecule has 2 aliphatic carbocycles. The van der Waals surface area contributed by atoms with Gasteiger partial charge in [-0.05, 0) is 64.5 Å². The SMILES string of the molecule is CCOC(=O)c1nc(NC(=O)C(=NOC2CCCC2)c2ccc(S(=O)(=O)C3CC3)cc2)sc1C. The van der Waals surface area contributed by atoms with Crippen molar-refractivity contribution in [3.05, 3.63) is 40.4 Å². The molecule has 9 nitrogen and oxygen atoms in total. The molecule has 1 heterocycles. The Kier molecular flexibility index (Phi) is 7.32. The predicted octanol–water partition coefficient (Wildman–Crippen LogP) is 3.87. The molecule has 0 aliphatic heterocycles. The Labute approximate surface area is 202 Å². The summed E-state index contributed by atoms with van der Waals surface area (Å²) in [5, 5.41) is 6.74. The summed E-state index contributed by atoms with van der Waals surface area (Å²) in [6.07, 6.45) is 5.12. The van der Waals surface area contributed by atoms with E-state index in [-0.39, 0.29) is 39.4 Å². The summed E-state index contributed by atoms with van der Waals surface area (Å²) in [4.78, 5) is 35.9. The van der Waals surface area contributed by atoms with Crippen LogP contribution in [0.15, 0.2) is 34.3 Å². The van der Waals surface area contributed by atoms with Gasteiger partial charge in [-0.25, -0.2) is 18.2 Å². The number of nitrogens with zero attached hydrogens (tertiary/aromatic N) is 2. The Morgan fingerprint density at radius 3 is 2.44 bits per heavy atom. The largest absolute Gasteiger partial charge is 0.461 e. The highest BCUT2D eigenvalue weighted by atomic mass is 32.2. The number of amides is 1. The zero-order valence-electron chi connectivity index (χ0n) is 19.1. The molecule has 34 heavy (non-hydrogen) atoms. The van der Waals surface area contributed by atoms with Crippen LogP contribution in [0.4, 0.5) is 5.13 Å². The number of thiazole rings is 1. The predicted molar refractivity (Wildman–Crippen MR) is 128 cm³/mol. The first-order valence-corrected chi connectivity index (χ1v) is 13.7. The van der Waals surface area contributed by atoms with Crippen LogP contribution in [0, 0.1) is 6.92 Å². The lowest BCUT2D eigenvalue weighted by molar-refractivity contribution is -0.110. The third kappa shape index (κ3) is 5.47. The Bertz CT molecular complexity index is 1190. The van der Waals surface area contributed by atoms with Crippen molar-refractivity contribution in [1.82, 2.24) is 4.98 Å². The van der Waals surface area contributed by atoms with Crippen molar-refractivity contribution in [2.24, 2.45) is 5.16 Å². The molecule has 182 valence electrons. The molecule has 1 N–H and O–H groups in total. The molecule has 1 aromatic heterocycles. The van der Waals surface area contributed by atoms with Crippen molar-refractivity contribution >= 4 is 43.9 Å². The normalized spacial score (nSPS) is 16.9. The summed E-state index contributed by atoms with van der Waals surface area (Å²) in [5.74, 6) is -1.12. The fourth-order valence-corrected chi connectivity index (χ4v) is 6.17. The van der Waals surface area contributed by atoms with Crippen molar-refractivity contribution in [2.75, 3.05) is 11.9 Å². The minimum atomic E-state index is -3.34. The van der Waals surface area contributed by atoms with Crippen LogP contribution >= 0.6 is 11.3 Å². The van der Waals surface area contributed by atoms with Gasteiger partial charge in [0.1, 0.15) is 6.10 Å². The number of hydrogen-bond donors (Lipinski definition) is 1. The van der Waals surface area contributed by atoms with Crippen molar-refractivity contribution < 1.29 is 27.6 Å². The maximum absolute atomic E-state index is 13.1. The maximum atomic E-state index is 13.1. The minimum absolute atomic E-state index is 0.00723. The number of hydrogen-bond acceptors (Lipinski definition) is 9. The van der Waals surface area contributed by atoms with Gasteiger partial charge in [-0.15, -0.1) is 11.3 Å². The summed E-state index contributed by atoms with van der Waals surface area (Å²) in [6.45, 7) is 3.65. The molecule has 0 unspecified atom stereocenters. The molecule has 2 saturated carbocycles. The summed E-state index contributed by atoms with van der Waals surface area (Å²) >= 11 is 1.15. The highest BCUT2D eigenvalue weighted by Gasteiger charge is 2.36. The van der Waals surface area contributed by atoms with Crippen LogP contribution in [0.5, 0.6) is 0 Å². The van der Waals surface area contributed by atoms with Gasteiger partial charge in [0.15, 0.2) is 26.4 Å². The number of oxime groups is 1. The molecular formula is C23H27N3O6S2. The number of aryl methyl sites for hydroxylation is 1. The average molecular weight is 506 g/mol. The second-order valence-electron chi connectivity index (χ2n) is 8.32. The molecule has 4 rings (SSSR count). The van der Waals surface area contributed by atoms with E-state index in [0.29, 0.717) is 23.3 Å². The molecule has 0 radical (unpaired) electrons. The quantitative estimate of drug-likeness (QED) is 0.312. The number of carbonyl (C=O) groups is 2. The van der Waals surface area contributed by atoms with E-state index in [1.165, 1.54) is 12.1 Å². The lowest BCUT2D eigenvalue weighted by atomic mass is 10.1. The summed E-state index contributed by atoms with van der Waals surface area (Å²) < 4.78 is 30.0. The van der Waals surface area contributed by atoms with Crippen molar-refractivity contribution in [1.29, 1.82) is 0 Å². The van der Waals surface area contributed by atoms with Crippen LogP contribution in [0.1, 0.15) is 66.4 Å². The highest BCUT2D eigenvalue weighted by Crippen LogP contribution is 2.33. The number of nitrogens with one attached hydrogen (secondary N) is 1. The summed E-state index contributed by atoms with van der Waals surface area (Å²) in [7, 11) is -3.34. The molecular weight excluding hydrogens is 478 g/mol. The van der Waals surface area contributed by atoms with E-state index >= 15 is 0 Å². The fourth-order valence-electron chi connectivity index (χ4n) is 3.71. The van der Waals surface area contributed by atoms with Gasteiger partial charge < -0.3 is 9.57 Å². The third-order valence-electron chi connectivity index (χ3n) is 5.72. The second-order valence-corrected chi connectivity index (χ2v) is 11.8. The molecule has 2 aromatic rings. The highest BCUT2D eigenvalue weighted by molar-refractivity contribution is 7.92.